The molecule has 0 aromatic carbocycles. The number of fused-ring (bicyclic) bond motifs is 2. The SMILES string of the molecule is CC#CC[C@]1(C)C[C@@H](OC(=O)NC(=O)[C@H]2CN3CC[C@@H]2C3)[C@@]2(C)C3C(OC)CCC3(CC[C@H]2C)[C@@H](C)C1=O. The Balaban J connectivity index is 1.49. The number of hydrogen-bond donors (Lipinski definition) is 1. The summed E-state index contributed by atoms with van der Waals surface area (Å²) >= 11 is 0. The number of hydrogen-bond acceptors (Lipinski definition) is 6. The fraction of sp³-hybridized carbons (Fsp3) is 0.839. The summed E-state index contributed by atoms with van der Waals surface area (Å²) in [5.41, 5.74) is -1.33. The summed E-state index contributed by atoms with van der Waals surface area (Å²) < 4.78 is 12.4. The molecule has 7 nitrogen and oxygen atoms in total. The van der Waals surface area contributed by atoms with Gasteiger partial charge in [0.05, 0.1) is 12.0 Å². The van der Waals surface area contributed by atoms with Crippen molar-refractivity contribution in [3.63, 3.8) is 0 Å². The summed E-state index contributed by atoms with van der Waals surface area (Å²) in [4.78, 5) is 43.0. The lowest BCUT2D eigenvalue weighted by molar-refractivity contribution is -0.191. The molecule has 5 aliphatic rings. The van der Waals surface area contributed by atoms with E-state index in [1.54, 1.807) is 14.0 Å². The fourth-order valence-corrected chi connectivity index (χ4v) is 9.54. The van der Waals surface area contributed by atoms with E-state index in [9.17, 15) is 14.4 Å². The van der Waals surface area contributed by atoms with Gasteiger partial charge in [-0.2, -0.15) is 0 Å². The topological polar surface area (TPSA) is 84.9 Å². The van der Waals surface area contributed by atoms with Gasteiger partial charge in [0.2, 0.25) is 5.91 Å². The molecule has 5 rings (SSSR count). The zero-order valence-electron chi connectivity index (χ0n) is 24.1. The fourth-order valence-electron chi connectivity index (χ4n) is 9.54. The lowest BCUT2D eigenvalue weighted by Crippen LogP contribution is -2.63. The first-order valence-electron chi connectivity index (χ1n) is 14.7. The van der Waals surface area contributed by atoms with Crippen LogP contribution in [0.4, 0.5) is 4.79 Å². The zero-order valence-corrected chi connectivity index (χ0v) is 24.1. The van der Waals surface area contributed by atoms with E-state index in [0.717, 1.165) is 45.2 Å². The van der Waals surface area contributed by atoms with Gasteiger partial charge >= 0.3 is 6.09 Å². The molecule has 5 fully saturated rings. The minimum atomic E-state index is -0.739. The second-order valence-corrected chi connectivity index (χ2v) is 13.6. The van der Waals surface area contributed by atoms with Gasteiger partial charge in [-0.15, -0.1) is 11.8 Å². The van der Waals surface area contributed by atoms with Crippen molar-refractivity contribution in [2.75, 3.05) is 26.7 Å². The van der Waals surface area contributed by atoms with Crippen LogP contribution in [0.15, 0.2) is 0 Å². The lowest BCUT2D eigenvalue weighted by Gasteiger charge is -2.61. The van der Waals surface area contributed by atoms with Crippen LogP contribution in [0.25, 0.3) is 0 Å². The summed E-state index contributed by atoms with van der Waals surface area (Å²) in [7, 11) is 1.77. The van der Waals surface area contributed by atoms with Gasteiger partial charge in [0, 0.05) is 49.3 Å². The summed E-state index contributed by atoms with van der Waals surface area (Å²) in [6.07, 6.45) is 4.44. The second kappa shape index (κ2) is 9.93. The Morgan fingerprint density at radius 2 is 1.87 bits per heavy atom. The standard InChI is InChI=1S/C31H46N2O5/c1-7-8-12-29(4)16-24(38-28(36)32-27(35)22-18-33-15-11-21(22)17-33)30(5)19(2)9-13-31(20(3)26(29)34)14-10-23(37-6)25(30)31/h19-25H,9-18H2,1-6H3,(H,32,35,36)/t19-,20+,21-,22+,23?,24-,25?,29-,30+,31?/m1/s1. The zero-order chi connectivity index (χ0) is 27.5. The molecule has 7 heteroatoms. The quantitative estimate of drug-likeness (QED) is 0.546. The molecular weight excluding hydrogens is 480 g/mol. The molecule has 2 aliphatic heterocycles. The number of carbonyl (C=O) groups excluding carboxylic acids is 3. The van der Waals surface area contributed by atoms with Gasteiger partial charge in [-0.25, -0.2) is 4.79 Å². The van der Waals surface area contributed by atoms with Gasteiger partial charge in [-0.05, 0) is 69.2 Å². The summed E-state index contributed by atoms with van der Waals surface area (Å²) in [5.74, 6) is 6.54. The molecule has 11 atom stereocenters. The van der Waals surface area contributed by atoms with Crippen LogP contribution in [0, 0.1) is 57.7 Å². The number of methoxy groups -OCH3 is 1. The van der Waals surface area contributed by atoms with Crippen LogP contribution in [0.3, 0.4) is 0 Å². The first-order chi connectivity index (χ1) is 18.0. The molecule has 3 aliphatic carbocycles. The van der Waals surface area contributed by atoms with Crippen LogP contribution in [-0.4, -0.2) is 61.6 Å². The van der Waals surface area contributed by atoms with E-state index in [2.05, 4.69) is 42.8 Å². The number of Topliss-reactive ketones (excluding diaryl/α,β-unsaturated/α-hetero) is 1. The van der Waals surface area contributed by atoms with Crippen LogP contribution >= 0.6 is 0 Å². The maximum atomic E-state index is 14.3. The number of ether oxygens (including phenoxy) is 2. The minimum absolute atomic E-state index is 0.0108. The van der Waals surface area contributed by atoms with E-state index in [4.69, 9.17) is 9.47 Å². The number of carbonyl (C=O) groups is 3. The molecule has 4 bridgehead atoms. The van der Waals surface area contributed by atoms with E-state index in [-0.39, 0.29) is 46.9 Å². The van der Waals surface area contributed by atoms with Crippen molar-refractivity contribution in [3.8, 4) is 11.8 Å². The highest BCUT2D eigenvalue weighted by Gasteiger charge is 2.68. The third kappa shape index (κ3) is 4.13. The lowest BCUT2D eigenvalue weighted by atomic mass is 9.44. The molecule has 0 aromatic heterocycles. The van der Waals surface area contributed by atoms with Crippen molar-refractivity contribution < 1.29 is 23.9 Å². The Morgan fingerprint density at radius 3 is 2.50 bits per heavy atom. The Morgan fingerprint density at radius 1 is 1.13 bits per heavy atom. The molecule has 2 heterocycles. The van der Waals surface area contributed by atoms with Gasteiger partial charge < -0.3 is 14.4 Å². The average molecular weight is 527 g/mol. The first kappa shape index (κ1) is 27.6. The Bertz CT molecular complexity index is 1050. The highest BCUT2D eigenvalue weighted by molar-refractivity contribution is 5.93. The second-order valence-electron chi connectivity index (χ2n) is 13.6. The monoisotopic (exact) mass is 526 g/mol. The molecule has 4 unspecified atom stereocenters. The van der Waals surface area contributed by atoms with E-state index < -0.39 is 23.0 Å². The highest BCUT2D eigenvalue weighted by Crippen LogP contribution is 2.68. The maximum Gasteiger partial charge on any atom is 0.414 e. The van der Waals surface area contributed by atoms with Crippen LogP contribution in [0.5, 0.6) is 0 Å². The van der Waals surface area contributed by atoms with Crippen LogP contribution in [0.1, 0.15) is 79.6 Å². The van der Waals surface area contributed by atoms with Crippen LogP contribution in [0.2, 0.25) is 0 Å². The Hall–Kier alpha value is -1.91. The molecule has 210 valence electrons. The largest absolute Gasteiger partial charge is 0.445 e. The molecule has 0 radical (unpaired) electrons. The third-order valence-electron chi connectivity index (χ3n) is 11.9. The van der Waals surface area contributed by atoms with Crippen molar-refractivity contribution in [1.29, 1.82) is 0 Å². The third-order valence-corrected chi connectivity index (χ3v) is 11.9. The number of imide groups is 1. The molecule has 2 saturated heterocycles. The van der Waals surface area contributed by atoms with Crippen LogP contribution < -0.4 is 5.32 Å². The van der Waals surface area contributed by atoms with Crippen molar-refractivity contribution >= 4 is 17.8 Å². The van der Waals surface area contributed by atoms with Crippen molar-refractivity contribution in [1.82, 2.24) is 10.2 Å². The van der Waals surface area contributed by atoms with E-state index in [1.165, 1.54) is 0 Å². The van der Waals surface area contributed by atoms with Crippen LogP contribution in [-0.2, 0) is 19.1 Å². The predicted molar refractivity (Wildman–Crippen MR) is 144 cm³/mol. The van der Waals surface area contributed by atoms with E-state index in [1.807, 2.05) is 6.92 Å². The van der Waals surface area contributed by atoms with Crippen molar-refractivity contribution in [2.45, 2.75) is 91.8 Å². The number of nitrogens with one attached hydrogen (secondary N) is 1. The van der Waals surface area contributed by atoms with Gasteiger partial charge in [0.15, 0.2) is 0 Å². The van der Waals surface area contributed by atoms with Gasteiger partial charge in [0.1, 0.15) is 11.9 Å². The number of piperidine rings is 1. The van der Waals surface area contributed by atoms with E-state index in [0.29, 0.717) is 25.3 Å². The minimum Gasteiger partial charge on any atom is -0.445 e. The predicted octanol–water partition coefficient (Wildman–Crippen LogP) is 4.44. The molecule has 3 saturated carbocycles. The normalized spacial score (nSPS) is 47.4. The average Bonchev–Trinajstić information content (AvgIpc) is 3.63. The molecule has 1 N–H and O–H groups in total. The molecule has 0 spiro atoms. The molecule has 38 heavy (non-hydrogen) atoms. The number of rotatable bonds is 4. The van der Waals surface area contributed by atoms with Gasteiger partial charge in [-0.1, -0.05) is 27.7 Å². The molecule has 0 aromatic rings. The first-order valence-corrected chi connectivity index (χ1v) is 14.7. The summed E-state index contributed by atoms with van der Waals surface area (Å²) in [6, 6.07) is 0. The summed E-state index contributed by atoms with van der Waals surface area (Å²) in [6.45, 7) is 13.1. The Labute approximate surface area is 228 Å². The van der Waals surface area contributed by atoms with Crippen molar-refractivity contribution in [2.24, 2.45) is 45.8 Å². The summed E-state index contributed by atoms with van der Waals surface area (Å²) in [5, 5.41) is 2.60. The molecular formula is C31H46N2O5. The maximum absolute atomic E-state index is 14.3. The number of alkyl carbamates (subject to hydrolysis) is 1. The number of nitrogens with zero attached hydrogens (tertiary/aromatic N) is 1. The van der Waals surface area contributed by atoms with E-state index >= 15 is 0 Å². The smallest absolute Gasteiger partial charge is 0.414 e. The van der Waals surface area contributed by atoms with Gasteiger partial charge in [-0.3, -0.25) is 14.9 Å². The van der Waals surface area contributed by atoms with Gasteiger partial charge in [0.25, 0.3) is 0 Å². The molecule has 2 amide bonds. The van der Waals surface area contributed by atoms with Crippen molar-refractivity contribution in [3.05, 3.63) is 0 Å². The highest BCUT2D eigenvalue weighted by atomic mass is 16.6. The number of ketones is 1. The number of amides is 2. The Kier molecular flexibility index (Phi) is 7.22.